The summed E-state index contributed by atoms with van der Waals surface area (Å²) in [5.41, 5.74) is 0. The van der Waals surface area contributed by atoms with Crippen LogP contribution in [0.2, 0.25) is 0 Å². The van der Waals surface area contributed by atoms with Gasteiger partial charge < -0.3 is 9.47 Å². The van der Waals surface area contributed by atoms with Crippen LogP contribution in [0.4, 0.5) is 0 Å². The van der Waals surface area contributed by atoms with E-state index in [4.69, 9.17) is 9.47 Å². The van der Waals surface area contributed by atoms with Crippen LogP contribution in [-0.2, 0) is 19.1 Å². The van der Waals surface area contributed by atoms with E-state index in [1.807, 2.05) is 11.8 Å². The van der Waals surface area contributed by atoms with Crippen LogP contribution in [0.3, 0.4) is 0 Å². The van der Waals surface area contributed by atoms with Gasteiger partial charge in [0.05, 0.1) is 19.3 Å². The van der Waals surface area contributed by atoms with Crippen LogP contribution in [-0.4, -0.2) is 43.1 Å². The molecule has 0 heterocycles. The van der Waals surface area contributed by atoms with Gasteiger partial charge in [0.15, 0.2) is 0 Å². The number of thioether (sulfide) groups is 1. The first-order valence-electron chi connectivity index (χ1n) is 9.48. The highest BCUT2D eigenvalue weighted by Gasteiger charge is 2.22. The van der Waals surface area contributed by atoms with E-state index >= 15 is 0 Å². The van der Waals surface area contributed by atoms with Crippen molar-refractivity contribution in [1.29, 1.82) is 0 Å². The molecule has 0 aromatic rings. The van der Waals surface area contributed by atoms with Gasteiger partial charge >= 0.3 is 5.97 Å². The average Bonchev–Trinajstić information content (AvgIpc) is 2.67. The maximum absolute atomic E-state index is 10.7. The van der Waals surface area contributed by atoms with Crippen molar-refractivity contribution in [2.24, 2.45) is 11.8 Å². The van der Waals surface area contributed by atoms with E-state index in [0.717, 1.165) is 30.9 Å². The number of esters is 1. The van der Waals surface area contributed by atoms with E-state index in [2.05, 4.69) is 18.1 Å². The SMILES string of the molecule is CSC1CCC(C#CC2CCC(OCCCOC(=O)C=O)CC2)CC1. The molecule has 25 heavy (non-hydrogen) atoms. The normalized spacial score (nSPS) is 29.3. The van der Waals surface area contributed by atoms with Crippen molar-refractivity contribution in [2.45, 2.75) is 69.1 Å². The van der Waals surface area contributed by atoms with Crippen LogP contribution in [0.25, 0.3) is 0 Å². The fourth-order valence-electron chi connectivity index (χ4n) is 3.57. The van der Waals surface area contributed by atoms with Gasteiger partial charge in [-0.1, -0.05) is 11.8 Å². The number of hydrogen-bond donors (Lipinski definition) is 0. The molecule has 0 spiro atoms. The van der Waals surface area contributed by atoms with Crippen LogP contribution in [0.15, 0.2) is 0 Å². The molecule has 0 aliphatic heterocycles. The fourth-order valence-corrected chi connectivity index (χ4v) is 4.31. The molecule has 0 N–H and O–H groups in total. The Morgan fingerprint density at radius 2 is 1.60 bits per heavy atom. The van der Waals surface area contributed by atoms with E-state index in [1.165, 1.54) is 25.7 Å². The molecule has 0 aromatic carbocycles. The van der Waals surface area contributed by atoms with Crippen LogP contribution in [0, 0.1) is 23.7 Å². The molecule has 0 aromatic heterocycles. The Kier molecular flexibility index (Phi) is 9.42. The van der Waals surface area contributed by atoms with Gasteiger partial charge in [0.2, 0.25) is 6.29 Å². The van der Waals surface area contributed by atoms with E-state index < -0.39 is 5.97 Å². The average molecular weight is 367 g/mol. The second kappa shape index (κ2) is 11.6. The first-order chi connectivity index (χ1) is 12.2. The van der Waals surface area contributed by atoms with E-state index in [1.54, 1.807) is 0 Å². The number of ether oxygens (including phenoxy) is 2. The molecule has 0 amide bonds. The standard InChI is InChI=1S/C20H30O4S/c1-25-19-11-7-17(8-12-19)4-3-16-5-9-18(10-6-16)23-13-2-14-24-20(22)15-21/h15-19H,2,5-14H2,1H3. The van der Waals surface area contributed by atoms with Crippen molar-refractivity contribution in [3.05, 3.63) is 0 Å². The van der Waals surface area contributed by atoms with Crippen LogP contribution < -0.4 is 0 Å². The smallest absolute Gasteiger partial charge is 0.371 e. The zero-order chi connectivity index (χ0) is 17.9. The third kappa shape index (κ3) is 7.83. The molecule has 0 atom stereocenters. The van der Waals surface area contributed by atoms with Crippen LogP contribution in [0.1, 0.15) is 57.8 Å². The Morgan fingerprint density at radius 3 is 2.16 bits per heavy atom. The molecule has 140 valence electrons. The second-order valence-electron chi connectivity index (χ2n) is 6.98. The third-order valence-corrected chi connectivity index (χ3v) is 6.29. The van der Waals surface area contributed by atoms with E-state index in [-0.39, 0.29) is 12.9 Å². The first-order valence-corrected chi connectivity index (χ1v) is 10.8. The van der Waals surface area contributed by atoms with Crippen molar-refractivity contribution in [3.8, 4) is 11.8 Å². The van der Waals surface area contributed by atoms with Crippen molar-refractivity contribution in [2.75, 3.05) is 19.5 Å². The highest BCUT2D eigenvalue weighted by atomic mass is 32.2. The Balaban J connectivity index is 1.55. The van der Waals surface area contributed by atoms with Gasteiger partial charge in [-0.15, -0.1) is 0 Å². The van der Waals surface area contributed by atoms with E-state index in [9.17, 15) is 9.59 Å². The molecule has 2 aliphatic carbocycles. The van der Waals surface area contributed by atoms with Gasteiger partial charge in [0.25, 0.3) is 0 Å². The quantitative estimate of drug-likeness (QED) is 0.226. The molecular weight excluding hydrogens is 336 g/mol. The minimum Gasteiger partial charge on any atom is -0.460 e. The lowest BCUT2D eigenvalue weighted by Gasteiger charge is -2.26. The summed E-state index contributed by atoms with van der Waals surface area (Å²) in [6.45, 7) is 0.822. The minimum atomic E-state index is -0.805. The summed E-state index contributed by atoms with van der Waals surface area (Å²) in [7, 11) is 0. The Morgan fingerprint density at radius 1 is 1.00 bits per heavy atom. The lowest BCUT2D eigenvalue weighted by Crippen LogP contribution is -2.22. The first kappa shape index (κ1) is 20.3. The maximum atomic E-state index is 10.7. The lowest BCUT2D eigenvalue weighted by atomic mass is 9.85. The fraction of sp³-hybridized carbons (Fsp3) is 0.800. The van der Waals surface area contributed by atoms with Gasteiger partial charge in [-0.25, -0.2) is 4.79 Å². The number of rotatable bonds is 7. The summed E-state index contributed by atoms with van der Waals surface area (Å²) in [5, 5.41) is 0.854. The van der Waals surface area contributed by atoms with Crippen LogP contribution in [0.5, 0.6) is 0 Å². The van der Waals surface area contributed by atoms with Gasteiger partial charge in [-0.05, 0) is 57.6 Å². The highest BCUT2D eigenvalue weighted by Crippen LogP contribution is 2.31. The van der Waals surface area contributed by atoms with E-state index in [0.29, 0.717) is 31.0 Å². The third-order valence-electron chi connectivity index (χ3n) is 5.16. The lowest BCUT2D eigenvalue weighted by molar-refractivity contribution is -0.149. The molecule has 5 heteroatoms. The largest absolute Gasteiger partial charge is 0.460 e. The highest BCUT2D eigenvalue weighted by molar-refractivity contribution is 7.99. The molecule has 0 radical (unpaired) electrons. The minimum absolute atomic E-state index is 0.192. The summed E-state index contributed by atoms with van der Waals surface area (Å²) in [6, 6.07) is 0. The Labute approximate surface area is 155 Å². The van der Waals surface area contributed by atoms with Gasteiger partial charge in [0.1, 0.15) is 0 Å². The summed E-state index contributed by atoms with van der Waals surface area (Å²) >= 11 is 2.00. The second-order valence-corrected chi connectivity index (χ2v) is 8.12. The zero-order valence-corrected chi connectivity index (χ0v) is 16.0. The molecule has 0 bridgehead atoms. The molecule has 2 fully saturated rings. The number of hydrogen-bond acceptors (Lipinski definition) is 5. The van der Waals surface area contributed by atoms with Gasteiger partial charge in [-0.3, -0.25) is 4.79 Å². The molecular formula is C20H30O4S. The maximum Gasteiger partial charge on any atom is 0.371 e. The molecule has 2 rings (SSSR count). The Hall–Kier alpha value is -0.990. The predicted molar refractivity (Wildman–Crippen MR) is 100 cm³/mol. The van der Waals surface area contributed by atoms with Gasteiger partial charge in [0, 0.05) is 23.5 Å². The predicted octanol–water partition coefficient (Wildman–Crippen LogP) is 3.62. The molecule has 4 nitrogen and oxygen atoms in total. The van der Waals surface area contributed by atoms with Crippen molar-refractivity contribution >= 4 is 24.0 Å². The molecule has 2 saturated carbocycles. The zero-order valence-electron chi connectivity index (χ0n) is 15.2. The summed E-state index contributed by atoms with van der Waals surface area (Å²) in [4.78, 5) is 20.8. The molecule has 0 unspecified atom stereocenters. The Bertz CT molecular complexity index is 466. The monoisotopic (exact) mass is 366 g/mol. The van der Waals surface area contributed by atoms with Crippen molar-refractivity contribution in [3.63, 3.8) is 0 Å². The van der Waals surface area contributed by atoms with Crippen LogP contribution >= 0.6 is 11.8 Å². The number of carbonyl (C=O) groups is 2. The number of carbonyl (C=O) groups excluding carboxylic acids is 2. The topological polar surface area (TPSA) is 52.6 Å². The number of aldehydes is 1. The van der Waals surface area contributed by atoms with Crippen molar-refractivity contribution < 1.29 is 19.1 Å². The summed E-state index contributed by atoms with van der Waals surface area (Å²) in [5.74, 6) is 7.43. The van der Waals surface area contributed by atoms with Crippen molar-refractivity contribution in [1.82, 2.24) is 0 Å². The van der Waals surface area contributed by atoms with Gasteiger partial charge in [-0.2, -0.15) is 11.8 Å². The summed E-state index contributed by atoms with van der Waals surface area (Å²) < 4.78 is 10.5. The summed E-state index contributed by atoms with van der Waals surface area (Å²) in [6.07, 6.45) is 12.9. The molecule has 2 aliphatic rings. The molecule has 0 saturated heterocycles.